The van der Waals surface area contributed by atoms with E-state index in [-0.39, 0.29) is 11.8 Å². The van der Waals surface area contributed by atoms with Crippen molar-refractivity contribution in [1.82, 2.24) is 4.90 Å². The number of anilines is 1. The summed E-state index contributed by atoms with van der Waals surface area (Å²) >= 11 is 0. The molecule has 1 rings (SSSR count). The summed E-state index contributed by atoms with van der Waals surface area (Å²) in [5.74, 6) is 0.324. The number of amides is 1. The summed E-state index contributed by atoms with van der Waals surface area (Å²) in [6.45, 7) is 4.70. The van der Waals surface area contributed by atoms with Crippen LogP contribution in [0.1, 0.15) is 25.8 Å². The van der Waals surface area contributed by atoms with E-state index < -0.39 is 0 Å². The van der Waals surface area contributed by atoms with Gasteiger partial charge < -0.3 is 9.80 Å². The number of carbonyl (C=O) groups is 1. The van der Waals surface area contributed by atoms with Gasteiger partial charge in [0.05, 0.1) is 0 Å². The summed E-state index contributed by atoms with van der Waals surface area (Å²) in [5, 5.41) is 0. The Labute approximate surface area is 110 Å². The van der Waals surface area contributed by atoms with Crippen LogP contribution in [-0.4, -0.2) is 32.0 Å². The van der Waals surface area contributed by atoms with Crippen molar-refractivity contribution < 1.29 is 4.79 Å². The first-order valence-corrected chi connectivity index (χ1v) is 6.47. The SMILES string of the molecule is CCC(C)C(=O)N(C)Cc1ccc(N(C)C)cc1. The maximum Gasteiger partial charge on any atom is 0.225 e. The smallest absolute Gasteiger partial charge is 0.225 e. The number of hydrogen-bond donors (Lipinski definition) is 0. The van der Waals surface area contributed by atoms with Crippen molar-refractivity contribution in [2.45, 2.75) is 26.8 Å². The van der Waals surface area contributed by atoms with Crippen molar-refractivity contribution in [1.29, 1.82) is 0 Å². The zero-order valence-corrected chi connectivity index (χ0v) is 12.1. The fourth-order valence-electron chi connectivity index (χ4n) is 1.80. The second-order valence-corrected chi connectivity index (χ2v) is 5.06. The third kappa shape index (κ3) is 3.76. The van der Waals surface area contributed by atoms with Crippen LogP contribution in [0.3, 0.4) is 0 Å². The van der Waals surface area contributed by atoms with Gasteiger partial charge >= 0.3 is 0 Å². The molecule has 0 aliphatic heterocycles. The van der Waals surface area contributed by atoms with Gasteiger partial charge in [-0.05, 0) is 24.1 Å². The maximum absolute atomic E-state index is 12.0. The summed E-state index contributed by atoms with van der Waals surface area (Å²) in [6, 6.07) is 8.32. The zero-order valence-electron chi connectivity index (χ0n) is 12.1. The van der Waals surface area contributed by atoms with Gasteiger partial charge in [-0.15, -0.1) is 0 Å². The highest BCUT2D eigenvalue weighted by atomic mass is 16.2. The van der Waals surface area contributed by atoms with E-state index in [1.54, 1.807) is 4.90 Å². The molecule has 0 saturated heterocycles. The molecule has 0 fully saturated rings. The summed E-state index contributed by atoms with van der Waals surface area (Å²) < 4.78 is 0. The Bertz CT molecular complexity index is 384. The molecule has 3 heteroatoms. The third-order valence-electron chi connectivity index (χ3n) is 3.28. The molecule has 18 heavy (non-hydrogen) atoms. The predicted molar refractivity (Wildman–Crippen MR) is 76.7 cm³/mol. The second kappa shape index (κ2) is 6.43. The Morgan fingerprint density at radius 1 is 1.17 bits per heavy atom. The summed E-state index contributed by atoms with van der Waals surface area (Å²) in [6.07, 6.45) is 0.892. The highest BCUT2D eigenvalue weighted by Crippen LogP contribution is 2.14. The van der Waals surface area contributed by atoms with Gasteiger partial charge in [-0.25, -0.2) is 0 Å². The Kier molecular flexibility index (Phi) is 5.20. The number of benzene rings is 1. The van der Waals surface area contributed by atoms with Gasteiger partial charge in [-0.1, -0.05) is 26.0 Å². The van der Waals surface area contributed by atoms with Gasteiger partial charge in [0.15, 0.2) is 0 Å². The van der Waals surface area contributed by atoms with Gasteiger partial charge in [0.25, 0.3) is 0 Å². The molecule has 1 aromatic carbocycles. The van der Waals surface area contributed by atoms with E-state index in [0.29, 0.717) is 6.54 Å². The Morgan fingerprint density at radius 3 is 2.17 bits per heavy atom. The van der Waals surface area contributed by atoms with E-state index in [1.807, 2.05) is 35.0 Å². The molecule has 0 N–H and O–H groups in total. The fourth-order valence-corrected chi connectivity index (χ4v) is 1.80. The Balaban J connectivity index is 2.64. The molecule has 0 aromatic heterocycles. The lowest BCUT2D eigenvalue weighted by Gasteiger charge is -2.21. The van der Waals surface area contributed by atoms with Crippen LogP contribution < -0.4 is 4.90 Å². The third-order valence-corrected chi connectivity index (χ3v) is 3.28. The summed E-state index contributed by atoms with van der Waals surface area (Å²) in [7, 11) is 5.91. The molecule has 0 aliphatic rings. The first-order chi connectivity index (χ1) is 8.45. The summed E-state index contributed by atoms with van der Waals surface area (Å²) in [4.78, 5) is 15.8. The molecular formula is C15H24N2O. The molecule has 1 unspecified atom stereocenters. The second-order valence-electron chi connectivity index (χ2n) is 5.06. The number of hydrogen-bond acceptors (Lipinski definition) is 2. The average molecular weight is 248 g/mol. The van der Waals surface area contributed by atoms with Gasteiger partial charge in [0.1, 0.15) is 0 Å². The molecule has 100 valence electrons. The lowest BCUT2D eigenvalue weighted by Crippen LogP contribution is -2.30. The molecular weight excluding hydrogens is 224 g/mol. The van der Waals surface area contributed by atoms with E-state index in [9.17, 15) is 4.79 Å². The first-order valence-electron chi connectivity index (χ1n) is 6.47. The maximum atomic E-state index is 12.0. The molecule has 0 spiro atoms. The number of rotatable bonds is 5. The number of nitrogens with zero attached hydrogens (tertiary/aromatic N) is 2. The van der Waals surface area contributed by atoms with Gasteiger partial charge in [0, 0.05) is 39.3 Å². The monoisotopic (exact) mass is 248 g/mol. The van der Waals surface area contributed by atoms with Crippen molar-refractivity contribution in [3.8, 4) is 0 Å². The van der Waals surface area contributed by atoms with Crippen LogP contribution in [0.4, 0.5) is 5.69 Å². The highest BCUT2D eigenvalue weighted by molar-refractivity contribution is 5.78. The van der Waals surface area contributed by atoms with Crippen LogP contribution in [0.2, 0.25) is 0 Å². The average Bonchev–Trinajstić information content (AvgIpc) is 2.37. The zero-order chi connectivity index (χ0) is 13.7. The molecule has 1 atom stereocenters. The van der Waals surface area contributed by atoms with E-state index >= 15 is 0 Å². The minimum absolute atomic E-state index is 0.107. The van der Waals surface area contributed by atoms with E-state index in [2.05, 4.69) is 29.2 Å². The van der Waals surface area contributed by atoms with Crippen LogP contribution in [0.25, 0.3) is 0 Å². The first kappa shape index (κ1) is 14.6. The topological polar surface area (TPSA) is 23.6 Å². The van der Waals surface area contributed by atoms with Gasteiger partial charge in [-0.3, -0.25) is 4.79 Å². The van der Waals surface area contributed by atoms with Crippen LogP contribution >= 0.6 is 0 Å². The van der Waals surface area contributed by atoms with Gasteiger partial charge in [-0.2, -0.15) is 0 Å². The van der Waals surface area contributed by atoms with E-state index in [1.165, 1.54) is 11.3 Å². The lowest BCUT2D eigenvalue weighted by molar-refractivity contribution is -0.134. The molecule has 1 aromatic rings. The van der Waals surface area contributed by atoms with Crippen LogP contribution in [0.15, 0.2) is 24.3 Å². The van der Waals surface area contributed by atoms with Gasteiger partial charge in [0.2, 0.25) is 5.91 Å². The Morgan fingerprint density at radius 2 is 1.72 bits per heavy atom. The molecule has 3 nitrogen and oxygen atoms in total. The van der Waals surface area contributed by atoms with Crippen molar-refractivity contribution >= 4 is 11.6 Å². The van der Waals surface area contributed by atoms with E-state index in [4.69, 9.17) is 0 Å². The molecule has 0 saturated carbocycles. The van der Waals surface area contributed by atoms with Crippen molar-refractivity contribution in [3.05, 3.63) is 29.8 Å². The minimum atomic E-state index is 0.107. The number of carbonyl (C=O) groups excluding carboxylic acids is 1. The largest absolute Gasteiger partial charge is 0.378 e. The normalized spacial score (nSPS) is 12.1. The van der Waals surface area contributed by atoms with Crippen LogP contribution in [0, 0.1) is 5.92 Å². The molecule has 0 radical (unpaired) electrons. The summed E-state index contributed by atoms with van der Waals surface area (Å²) in [5.41, 5.74) is 2.34. The minimum Gasteiger partial charge on any atom is -0.378 e. The molecule has 0 aliphatic carbocycles. The molecule has 1 amide bonds. The lowest BCUT2D eigenvalue weighted by atomic mass is 10.1. The van der Waals surface area contributed by atoms with Crippen molar-refractivity contribution in [3.63, 3.8) is 0 Å². The van der Waals surface area contributed by atoms with Crippen molar-refractivity contribution in [2.24, 2.45) is 5.92 Å². The quantitative estimate of drug-likeness (QED) is 0.800. The highest BCUT2D eigenvalue weighted by Gasteiger charge is 2.15. The fraction of sp³-hybridized carbons (Fsp3) is 0.533. The molecule has 0 heterocycles. The van der Waals surface area contributed by atoms with E-state index in [0.717, 1.165) is 6.42 Å². The molecule has 0 bridgehead atoms. The Hall–Kier alpha value is -1.51. The van der Waals surface area contributed by atoms with Crippen LogP contribution in [0.5, 0.6) is 0 Å². The van der Waals surface area contributed by atoms with Crippen LogP contribution in [-0.2, 0) is 11.3 Å². The van der Waals surface area contributed by atoms with Crippen molar-refractivity contribution in [2.75, 3.05) is 26.0 Å². The predicted octanol–water partition coefficient (Wildman–Crippen LogP) is 2.76. The standard InChI is InChI=1S/C15H24N2O/c1-6-12(2)15(18)17(5)11-13-7-9-14(10-8-13)16(3)4/h7-10,12H,6,11H2,1-5H3.